The molecule has 0 unspecified atom stereocenters. The molecule has 1 aromatic rings. The van der Waals surface area contributed by atoms with Gasteiger partial charge in [0.05, 0.1) is 12.2 Å². The third-order valence-electron chi connectivity index (χ3n) is 5.79. The molecular weight excluding hydrogens is 351 g/mol. The van der Waals surface area contributed by atoms with Crippen LogP contribution in [0, 0.1) is 5.92 Å². The maximum Gasteiger partial charge on any atom is 0.257 e. The Morgan fingerprint density at radius 1 is 1.30 bits per heavy atom. The number of piperazine rings is 1. The van der Waals surface area contributed by atoms with Crippen molar-refractivity contribution >= 4 is 11.8 Å². The number of hydrogen-bond acceptors (Lipinski definition) is 4. The summed E-state index contributed by atoms with van der Waals surface area (Å²) in [7, 11) is 0. The lowest BCUT2D eigenvalue weighted by Crippen LogP contribution is -2.58. The van der Waals surface area contributed by atoms with E-state index in [-0.39, 0.29) is 47.9 Å². The van der Waals surface area contributed by atoms with Gasteiger partial charge in [-0.05, 0) is 37.8 Å². The first kappa shape index (κ1) is 19.6. The Kier molecular flexibility index (Phi) is 5.42. The molecule has 1 heterocycles. The number of aromatic hydroxyl groups is 1. The predicted molar refractivity (Wildman–Crippen MR) is 98.2 cm³/mol. The summed E-state index contributed by atoms with van der Waals surface area (Å²) in [6.45, 7) is 4.38. The number of carbonyl (C=O) groups excluding carboxylic acids is 2. The van der Waals surface area contributed by atoms with Crippen LogP contribution < -0.4 is 0 Å². The third kappa shape index (κ3) is 3.65. The summed E-state index contributed by atoms with van der Waals surface area (Å²) in [5.74, 6) is -0.712. The van der Waals surface area contributed by atoms with Crippen molar-refractivity contribution in [1.29, 1.82) is 0 Å². The van der Waals surface area contributed by atoms with Gasteiger partial charge >= 0.3 is 0 Å². The topological polar surface area (TPSA) is 81.1 Å². The quantitative estimate of drug-likeness (QED) is 0.836. The highest BCUT2D eigenvalue weighted by atomic mass is 19.1. The average Bonchev–Trinajstić information content (AvgIpc) is 2.64. The van der Waals surface area contributed by atoms with Crippen molar-refractivity contribution in [1.82, 2.24) is 9.80 Å². The summed E-state index contributed by atoms with van der Waals surface area (Å²) in [5, 5.41) is 19.3. The van der Waals surface area contributed by atoms with Crippen LogP contribution in [0.4, 0.5) is 4.39 Å². The van der Waals surface area contributed by atoms with E-state index >= 15 is 0 Å². The molecule has 3 rings (SSSR count). The van der Waals surface area contributed by atoms with Crippen LogP contribution in [0.3, 0.4) is 0 Å². The van der Waals surface area contributed by atoms with E-state index in [0.717, 1.165) is 5.56 Å². The second kappa shape index (κ2) is 7.46. The van der Waals surface area contributed by atoms with Gasteiger partial charge in [-0.2, -0.15) is 0 Å². The van der Waals surface area contributed by atoms with Gasteiger partial charge in [-0.25, -0.2) is 4.39 Å². The van der Waals surface area contributed by atoms with Crippen molar-refractivity contribution in [3.8, 4) is 5.75 Å². The van der Waals surface area contributed by atoms with Gasteiger partial charge in [0.1, 0.15) is 11.4 Å². The number of phenols is 1. The Bertz CT molecular complexity index is 733. The number of halogens is 1. The Morgan fingerprint density at radius 3 is 2.59 bits per heavy atom. The summed E-state index contributed by atoms with van der Waals surface area (Å²) in [6, 6.07) is 4.97. The molecule has 0 radical (unpaired) electrons. The molecule has 2 amide bonds. The number of carbonyl (C=O) groups is 2. The lowest BCUT2D eigenvalue weighted by molar-refractivity contribution is -0.149. The number of hydrogen-bond donors (Lipinski definition) is 2. The number of benzene rings is 1. The van der Waals surface area contributed by atoms with Crippen LogP contribution in [0.2, 0.25) is 0 Å². The number of aliphatic hydroxyl groups excluding tert-OH is 1. The van der Waals surface area contributed by atoms with Gasteiger partial charge in [-0.1, -0.05) is 19.1 Å². The standard InChI is InChI=1S/C20H27FN2O4/c1-3-14-5-4-6-16(17(14)25)19(27)23-8-7-22(11-13(23)2)18(26)15-9-20(21,10-15)12-24/h4-6,13,15,24-25H,3,7-12H2,1-2H3/t13-,15?,20?/m1/s1. The molecular formula is C20H27FN2O4. The van der Waals surface area contributed by atoms with Crippen LogP contribution in [0.5, 0.6) is 5.75 Å². The smallest absolute Gasteiger partial charge is 0.257 e. The highest BCUT2D eigenvalue weighted by Gasteiger charge is 2.49. The monoisotopic (exact) mass is 378 g/mol. The normalized spacial score (nSPS) is 28.0. The second-order valence-electron chi connectivity index (χ2n) is 7.71. The molecule has 1 saturated heterocycles. The lowest BCUT2D eigenvalue weighted by atomic mass is 9.72. The minimum absolute atomic E-state index is 0.0217. The van der Waals surface area contributed by atoms with Gasteiger partial charge in [0.15, 0.2) is 0 Å². The van der Waals surface area contributed by atoms with E-state index in [2.05, 4.69) is 0 Å². The van der Waals surface area contributed by atoms with Crippen molar-refractivity contribution in [3.63, 3.8) is 0 Å². The van der Waals surface area contributed by atoms with Crippen LogP contribution in [0.1, 0.15) is 42.6 Å². The SMILES string of the molecule is CCc1cccc(C(=O)N2CCN(C(=O)C3CC(F)(CO)C3)C[C@H]2C)c1O. The molecule has 148 valence electrons. The summed E-state index contributed by atoms with van der Waals surface area (Å²) in [5.41, 5.74) is -0.609. The second-order valence-corrected chi connectivity index (χ2v) is 7.71. The maximum atomic E-state index is 13.8. The molecule has 1 saturated carbocycles. The van der Waals surface area contributed by atoms with Gasteiger partial charge in [-0.3, -0.25) is 9.59 Å². The van der Waals surface area contributed by atoms with Gasteiger partial charge in [0.25, 0.3) is 5.91 Å². The maximum absolute atomic E-state index is 13.8. The average molecular weight is 378 g/mol. The number of aliphatic hydroxyl groups is 1. The fourth-order valence-corrected chi connectivity index (χ4v) is 4.05. The number of para-hydroxylation sites is 1. The van der Waals surface area contributed by atoms with E-state index in [1.807, 2.05) is 13.8 Å². The van der Waals surface area contributed by atoms with E-state index in [0.29, 0.717) is 26.1 Å². The van der Waals surface area contributed by atoms with Crippen molar-refractivity contribution in [3.05, 3.63) is 29.3 Å². The summed E-state index contributed by atoms with van der Waals surface area (Å²) in [4.78, 5) is 28.8. The number of amides is 2. The molecule has 2 fully saturated rings. The molecule has 0 spiro atoms. The first-order valence-corrected chi connectivity index (χ1v) is 9.50. The predicted octanol–water partition coefficient (Wildman–Crippen LogP) is 1.74. The van der Waals surface area contributed by atoms with Gasteiger partial charge < -0.3 is 20.0 Å². The Labute approximate surface area is 158 Å². The van der Waals surface area contributed by atoms with Crippen LogP contribution in [0.25, 0.3) is 0 Å². The molecule has 1 atom stereocenters. The number of phenolic OH excluding ortho intramolecular Hbond substituents is 1. The van der Waals surface area contributed by atoms with Gasteiger partial charge in [-0.15, -0.1) is 0 Å². The van der Waals surface area contributed by atoms with Crippen LogP contribution >= 0.6 is 0 Å². The van der Waals surface area contributed by atoms with E-state index in [4.69, 9.17) is 5.11 Å². The van der Waals surface area contributed by atoms with Crippen molar-refractivity contribution < 1.29 is 24.2 Å². The third-order valence-corrected chi connectivity index (χ3v) is 5.79. The van der Waals surface area contributed by atoms with Crippen molar-refractivity contribution in [2.24, 2.45) is 5.92 Å². The summed E-state index contributed by atoms with van der Waals surface area (Å²) in [6.07, 6.45) is 0.761. The number of nitrogens with zero attached hydrogens (tertiary/aromatic N) is 2. The van der Waals surface area contributed by atoms with E-state index < -0.39 is 12.3 Å². The summed E-state index contributed by atoms with van der Waals surface area (Å²) < 4.78 is 13.8. The minimum atomic E-state index is -1.62. The summed E-state index contributed by atoms with van der Waals surface area (Å²) >= 11 is 0. The van der Waals surface area contributed by atoms with Crippen LogP contribution in [0.15, 0.2) is 18.2 Å². The zero-order valence-electron chi connectivity index (χ0n) is 15.8. The number of aryl methyl sites for hydroxylation is 1. The van der Waals surface area contributed by atoms with E-state index in [9.17, 15) is 19.1 Å². The Morgan fingerprint density at radius 2 is 2.00 bits per heavy atom. The van der Waals surface area contributed by atoms with Crippen LogP contribution in [-0.2, 0) is 11.2 Å². The molecule has 7 heteroatoms. The molecule has 1 aliphatic carbocycles. The van der Waals surface area contributed by atoms with E-state index in [1.165, 1.54) is 0 Å². The first-order chi connectivity index (χ1) is 12.8. The fourth-order valence-electron chi connectivity index (χ4n) is 4.05. The molecule has 0 bridgehead atoms. The molecule has 2 N–H and O–H groups in total. The highest BCUT2D eigenvalue weighted by molar-refractivity contribution is 5.97. The fraction of sp³-hybridized carbons (Fsp3) is 0.600. The molecule has 2 aliphatic rings. The highest BCUT2D eigenvalue weighted by Crippen LogP contribution is 2.42. The lowest BCUT2D eigenvalue weighted by Gasteiger charge is -2.45. The van der Waals surface area contributed by atoms with E-state index in [1.54, 1.807) is 28.0 Å². The number of rotatable bonds is 4. The number of alkyl halides is 1. The molecule has 0 aromatic heterocycles. The minimum Gasteiger partial charge on any atom is -0.507 e. The molecule has 1 aromatic carbocycles. The zero-order valence-corrected chi connectivity index (χ0v) is 15.8. The Hall–Kier alpha value is -2.15. The van der Waals surface area contributed by atoms with Gasteiger partial charge in [0.2, 0.25) is 5.91 Å². The largest absolute Gasteiger partial charge is 0.507 e. The zero-order chi connectivity index (χ0) is 19.8. The van der Waals surface area contributed by atoms with Crippen molar-refractivity contribution in [2.45, 2.75) is 44.8 Å². The molecule has 27 heavy (non-hydrogen) atoms. The van der Waals surface area contributed by atoms with Gasteiger partial charge in [0, 0.05) is 31.6 Å². The van der Waals surface area contributed by atoms with Crippen molar-refractivity contribution in [2.75, 3.05) is 26.2 Å². The molecule has 6 nitrogen and oxygen atoms in total. The van der Waals surface area contributed by atoms with Crippen LogP contribution in [-0.4, -0.2) is 69.8 Å². The molecule has 1 aliphatic heterocycles. The first-order valence-electron chi connectivity index (χ1n) is 9.50. The Balaban J connectivity index is 1.64.